The number of amides is 2. The van der Waals surface area contributed by atoms with Crippen molar-refractivity contribution in [2.24, 2.45) is 0 Å². The van der Waals surface area contributed by atoms with E-state index in [1.54, 1.807) is 25.1 Å². The molecule has 0 saturated carbocycles. The van der Waals surface area contributed by atoms with E-state index >= 15 is 0 Å². The summed E-state index contributed by atoms with van der Waals surface area (Å²) in [6.45, 7) is 6.93. The van der Waals surface area contributed by atoms with Gasteiger partial charge in [0.15, 0.2) is 11.9 Å². The second kappa shape index (κ2) is 9.00. The van der Waals surface area contributed by atoms with Gasteiger partial charge >= 0.3 is 0 Å². The highest BCUT2D eigenvalue weighted by Gasteiger charge is 2.33. The van der Waals surface area contributed by atoms with Crippen molar-refractivity contribution < 1.29 is 19.1 Å². The summed E-state index contributed by atoms with van der Waals surface area (Å²) in [5.41, 5.74) is 2.68. The molecule has 2 aliphatic rings. The van der Waals surface area contributed by atoms with E-state index in [0.29, 0.717) is 22.7 Å². The van der Waals surface area contributed by atoms with Gasteiger partial charge in [-0.15, -0.1) is 0 Å². The van der Waals surface area contributed by atoms with Gasteiger partial charge in [0, 0.05) is 43.1 Å². The van der Waals surface area contributed by atoms with Crippen molar-refractivity contribution in [3.8, 4) is 5.75 Å². The maximum Gasteiger partial charge on any atom is 0.268 e. The third kappa shape index (κ3) is 4.60. The molecule has 0 aliphatic carbocycles. The van der Waals surface area contributed by atoms with Gasteiger partial charge in [-0.25, -0.2) is 0 Å². The molecule has 0 bridgehead atoms. The standard InChI is InChI=1S/C24H28N4O4/c1-16(29)18-4-9-22-21(14-18)28(24(31)17(2)32-22)15-23(30)25-19-5-7-20(8-6-19)27-12-10-26(3)11-13-27/h4-9,14,17H,10-13,15H2,1-3H3,(H,25,30). The molecule has 1 unspecified atom stereocenters. The molecule has 1 atom stereocenters. The largest absolute Gasteiger partial charge is 0.479 e. The molecule has 0 aromatic heterocycles. The van der Waals surface area contributed by atoms with Crippen LogP contribution in [0.3, 0.4) is 0 Å². The average Bonchev–Trinajstić information content (AvgIpc) is 2.77. The van der Waals surface area contributed by atoms with Gasteiger partial charge in [-0.2, -0.15) is 0 Å². The van der Waals surface area contributed by atoms with Crippen molar-refractivity contribution in [2.45, 2.75) is 20.0 Å². The number of ketones is 1. The molecular formula is C24H28N4O4. The number of nitrogens with zero attached hydrogens (tertiary/aromatic N) is 3. The molecule has 8 nitrogen and oxygen atoms in total. The van der Waals surface area contributed by atoms with Crippen molar-refractivity contribution >= 4 is 34.7 Å². The lowest BCUT2D eigenvalue weighted by Gasteiger charge is -2.34. The maximum absolute atomic E-state index is 12.8. The smallest absolute Gasteiger partial charge is 0.268 e. The molecule has 2 aromatic carbocycles. The van der Waals surface area contributed by atoms with Gasteiger partial charge in [-0.05, 0) is 63.4 Å². The van der Waals surface area contributed by atoms with Crippen LogP contribution in [0.4, 0.5) is 17.1 Å². The Morgan fingerprint density at radius 3 is 2.41 bits per heavy atom. The summed E-state index contributed by atoms with van der Waals surface area (Å²) >= 11 is 0. The number of nitrogens with one attached hydrogen (secondary N) is 1. The number of hydrogen-bond donors (Lipinski definition) is 1. The Morgan fingerprint density at radius 2 is 1.75 bits per heavy atom. The summed E-state index contributed by atoms with van der Waals surface area (Å²) in [5.74, 6) is -0.284. The first-order valence-corrected chi connectivity index (χ1v) is 10.8. The van der Waals surface area contributed by atoms with Crippen LogP contribution in [0.1, 0.15) is 24.2 Å². The Kier molecular flexibility index (Phi) is 6.14. The van der Waals surface area contributed by atoms with Crippen molar-refractivity contribution in [2.75, 3.05) is 54.9 Å². The van der Waals surface area contributed by atoms with Crippen LogP contribution in [-0.2, 0) is 9.59 Å². The van der Waals surface area contributed by atoms with Crippen LogP contribution >= 0.6 is 0 Å². The summed E-state index contributed by atoms with van der Waals surface area (Å²) in [6, 6.07) is 12.7. The molecule has 2 amide bonds. The second-order valence-electron chi connectivity index (χ2n) is 8.31. The van der Waals surface area contributed by atoms with E-state index in [1.165, 1.54) is 11.8 Å². The molecule has 168 valence electrons. The summed E-state index contributed by atoms with van der Waals surface area (Å²) in [7, 11) is 2.12. The molecule has 1 saturated heterocycles. The molecule has 2 aliphatic heterocycles. The van der Waals surface area contributed by atoms with Gasteiger partial charge in [0.1, 0.15) is 12.3 Å². The first kappa shape index (κ1) is 21.8. The minimum atomic E-state index is -0.707. The van der Waals surface area contributed by atoms with E-state index in [-0.39, 0.29) is 24.1 Å². The molecule has 4 rings (SSSR count). The van der Waals surface area contributed by atoms with Crippen LogP contribution in [0.2, 0.25) is 0 Å². The number of rotatable bonds is 5. The lowest BCUT2D eigenvalue weighted by Crippen LogP contribution is -2.47. The average molecular weight is 437 g/mol. The highest BCUT2D eigenvalue weighted by atomic mass is 16.5. The fourth-order valence-electron chi connectivity index (χ4n) is 3.95. The minimum absolute atomic E-state index is 0.122. The fraction of sp³-hybridized carbons (Fsp3) is 0.375. The Balaban J connectivity index is 1.45. The fourth-order valence-corrected chi connectivity index (χ4v) is 3.95. The summed E-state index contributed by atoms with van der Waals surface area (Å²) in [5, 5.41) is 2.86. The lowest BCUT2D eigenvalue weighted by atomic mass is 10.1. The number of anilines is 3. The minimum Gasteiger partial charge on any atom is -0.479 e. The zero-order valence-corrected chi connectivity index (χ0v) is 18.6. The number of ether oxygens (including phenoxy) is 1. The monoisotopic (exact) mass is 436 g/mol. The van der Waals surface area contributed by atoms with E-state index in [1.807, 2.05) is 24.3 Å². The van der Waals surface area contributed by atoms with Gasteiger partial charge in [0.2, 0.25) is 5.91 Å². The highest BCUT2D eigenvalue weighted by molar-refractivity contribution is 6.07. The number of hydrogen-bond acceptors (Lipinski definition) is 6. The Labute approximate surface area is 187 Å². The number of benzene rings is 2. The van der Waals surface area contributed by atoms with E-state index < -0.39 is 6.10 Å². The predicted octanol–water partition coefficient (Wildman–Crippen LogP) is 2.39. The quantitative estimate of drug-likeness (QED) is 0.725. The maximum atomic E-state index is 12.8. The van der Waals surface area contributed by atoms with Crippen LogP contribution in [0.15, 0.2) is 42.5 Å². The van der Waals surface area contributed by atoms with Crippen LogP contribution in [0.25, 0.3) is 0 Å². The molecule has 32 heavy (non-hydrogen) atoms. The van der Waals surface area contributed by atoms with Gasteiger partial charge in [-0.3, -0.25) is 19.3 Å². The third-order valence-electron chi connectivity index (χ3n) is 5.90. The number of piperazine rings is 1. The van der Waals surface area contributed by atoms with Gasteiger partial charge in [0.25, 0.3) is 5.91 Å². The molecule has 8 heteroatoms. The summed E-state index contributed by atoms with van der Waals surface area (Å²) in [4.78, 5) is 43.3. The van der Waals surface area contributed by atoms with E-state index in [4.69, 9.17) is 4.74 Å². The number of likely N-dealkylation sites (N-methyl/N-ethyl adjacent to an activating group) is 1. The number of carbonyl (C=O) groups is 3. The molecule has 0 spiro atoms. The van der Waals surface area contributed by atoms with Crippen LogP contribution < -0.4 is 19.9 Å². The lowest BCUT2D eigenvalue weighted by molar-refractivity contribution is -0.127. The highest BCUT2D eigenvalue weighted by Crippen LogP contribution is 2.35. The van der Waals surface area contributed by atoms with Gasteiger partial charge in [0.05, 0.1) is 5.69 Å². The Morgan fingerprint density at radius 1 is 1.06 bits per heavy atom. The van der Waals surface area contributed by atoms with Crippen molar-refractivity contribution in [3.63, 3.8) is 0 Å². The SMILES string of the molecule is CC(=O)c1ccc2c(c1)N(CC(=O)Nc1ccc(N3CCN(C)CC3)cc1)C(=O)C(C)O2. The predicted molar refractivity (Wildman–Crippen MR) is 124 cm³/mol. The molecular weight excluding hydrogens is 408 g/mol. The van der Waals surface area contributed by atoms with Gasteiger partial charge < -0.3 is 19.9 Å². The first-order chi connectivity index (χ1) is 15.3. The van der Waals surface area contributed by atoms with Crippen LogP contribution in [0, 0.1) is 0 Å². The molecule has 1 fully saturated rings. The Bertz CT molecular complexity index is 1030. The molecule has 2 heterocycles. The third-order valence-corrected chi connectivity index (χ3v) is 5.90. The topological polar surface area (TPSA) is 82.2 Å². The first-order valence-electron chi connectivity index (χ1n) is 10.8. The summed E-state index contributed by atoms with van der Waals surface area (Å²) < 4.78 is 5.64. The molecule has 0 radical (unpaired) electrons. The van der Waals surface area contributed by atoms with Crippen LogP contribution in [-0.4, -0.2) is 68.4 Å². The van der Waals surface area contributed by atoms with Crippen LogP contribution in [0.5, 0.6) is 5.75 Å². The number of Topliss-reactive ketones (excluding diaryl/α,β-unsaturated/α-hetero) is 1. The summed E-state index contributed by atoms with van der Waals surface area (Å²) in [6.07, 6.45) is -0.707. The molecule has 1 N–H and O–H groups in total. The van der Waals surface area contributed by atoms with E-state index in [2.05, 4.69) is 22.2 Å². The Hall–Kier alpha value is -3.39. The van der Waals surface area contributed by atoms with E-state index in [9.17, 15) is 14.4 Å². The van der Waals surface area contributed by atoms with Crippen molar-refractivity contribution in [3.05, 3.63) is 48.0 Å². The van der Waals surface area contributed by atoms with Crippen molar-refractivity contribution in [1.82, 2.24) is 4.90 Å². The second-order valence-corrected chi connectivity index (χ2v) is 8.31. The van der Waals surface area contributed by atoms with Gasteiger partial charge in [-0.1, -0.05) is 0 Å². The van der Waals surface area contributed by atoms with E-state index in [0.717, 1.165) is 31.9 Å². The molecule has 2 aromatic rings. The number of fused-ring (bicyclic) bond motifs is 1. The zero-order valence-electron chi connectivity index (χ0n) is 18.6. The normalized spacial score (nSPS) is 18.7. The zero-order chi connectivity index (χ0) is 22.8. The van der Waals surface area contributed by atoms with Crippen molar-refractivity contribution in [1.29, 1.82) is 0 Å². The number of carbonyl (C=O) groups excluding carboxylic acids is 3.